The second kappa shape index (κ2) is 6.28. The smallest absolute Gasteiger partial charge is 0.140 e. The highest BCUT2D eigenvalue weighted by Crippen LogP contribution is 2.35. The van der Waals surface area contributed by atoms with Crippen molar-refractivity contribution in [2.24, 2.45) is 0 Å². The Morgan fingerprint density at radius 3 is 2.88 bits per heavy atom. The van der Waals surface area contributed by atoms with Crippen LogP contribution in [0.25, 0.3) is 22.2 Å². The zero-order chi connectivity index (χ0) is 17.2. The maximum absolute atomic E-state index is 10.3. The number of rotatable bonds is 4. The number of phenols is 1. The lowest BCUT2D eigenvalue weighted by Gasteiger charge is -2.11. The normalized spacial score (nSPS) is 10.9. The van der Waals surface area contributed by atoms with E-state index in [4.69, 9.17) is 0 Å². The maximum Gasteiger partial charge on any atom is 0.140 e. The fraction of sp³-hybridized carbons (Fsp3) is 0.100. The lowest BCUT2D eigenvalue weighted by Crippen LogP contribution is -2.02. The Balaban J connectivity index is 1.76. The van der Waals surface area contributed by atoms with Crippen LogP contribution in [0.2, 0.25) is 0 Å². The molecule has 0 saturated carbocycles. The van der Waals surface area contributed by atoms with Crippen LogP contribution in [0.5, 0.6) is 5.75 Å². The Labute approximate surface area is 145 Å². The molecule has 3 N–H and O–H groups in total. The van der Waals surface area contributed by atoms with E-state index in [1.807, 2.05) is 55.7 Å². The number of nitrogens with one attached hydrogen (secondary N) is 2. The zero-order valence-corrected chi connectivity index (χ0v) is 13.8. The quantitative estimate of drug-likeness (QED) is 0.523. The molecule has 1 aromatic carbocycles. The minimum atomic E-state index is 0.262. The van der Waals surface area contributed by atoms with Gasteiger partial charge in [0, 0.05) is 41.6 Å². The summed E-state index contributed by atoms with van der Waals surface area (Å²) in [6.45, 7) is 2.65. The van der Waals surface area contributed by atoms with E-state index >= 15 is 0 Å². The highest BCUT2D eigenvalue weighted by atomic mass is 16.3. The summed E-state index contributed by atoms with van der Waals surface area (Å²) < 4.78 is 0. The molecule has 25 heavy (non-hydrogen) atoms. The van der Waals surface area contributed by atoms with Crippen LogP contribution in [0.4, 0.5) is 5.82 Å². The Kier molecular flexibility index (Phi) is 3.82. The van der Waals surface area contributed by atoms with Crippen molar-refractivity contribution in [2.45, 2.75) is 13.5 Å². The predicted octanol–water partition coefficient (Wildman–Crippen LogP) is 4.25. The number of fused-ring (bicyclic) bond motifs is 1. The number of aromatic hydroxyl groups is 1. The third-order valence-electron chi connectivity index (χ3n) is 4.17. The summed E-state index contributed by atoms with van der Waals surface area (Å²) in [4.78, 5) is 11.9. The number of anilines is 1. The largest absolute Gasteiger partial charge is 0.507 e. The first kappa shape index (κ1) is 15.2. The number of aromatic amines is 1. The number of H-pyrrole nitrogens is 1. The SMILES string of the molecule is Cc1ccc(O)c(-c2cc(NCc3cccnc3)nc3[nH]ccc23)c1. The minimum Gasteiger partial charge on any atom is -0.507 e. The van der Waals surface area contributed by atoms with Gasteiger partial charge >= 0.3 is 0 Å². The number of phenolic OH excluding ortho intramolecular Hbond substituents is 1. The first-order valence-electron chi connectivity index (χ1n) is 8.11. The molecule has 0 saturated heterocycles. The van der Waals surface area contributed by atoms with Gasteiger partial charge in [-0.3, -0.25) is 4.98 Å². The second-order valence-electron chi connectivity index (χ2n) is 6.03. The molecular formula is C20H18N4O. The molecule has 3 aromatic heterocycles. The molecular weight excluding hydrogens is 312 g/mol. The van der Waals surface area contributed by atoms with E-state index in [9.17, 15) is 5.11 Å². The average Bonchev–Trinajstić information content (AvgIpc) is 3.11. The summed E-state index contributed by atoms with van der Waals surface area (Å²) in [6, 6.07) is 13.5. The minimum absolute atomic E-state index is 0.262. The number of pyridine rings is 2. The van der Waals surface area contributed by atoms with Gasteiger partial charge in [0.1, 0.15) is 17.2 Å². The Bertz CT molecular complexity index is 1020. The van der Waals surface area contributed by atoms with E-state index in [1.165, 1.54) is 0 Å². The third kappa shape index (κ3) is 3.04. The summed E-state index contributed by atoms with van der Waals surface area (Å²) in [5.41, 5.74) is 4.71. The molecule has 5 nitrogen and oxygen atoms in total. The molecule has 0 unspecified atom stereocenters. The molecule has 0 aliphatic rings. The molecule has 0 bridgehead atoms. The standard InChI is InChI=1S/C20H18N4O/c1-13-4-5-18(25)17(9-13)16-10-19(24-20-15(16)6-8-22-20)23-12-14-3-2-7-21-11-14/h2-11,25H,12H2,1H3,(H2,22,23,24). The van der Waals surface area contributed by atoms with Gasteiger partial charge in [0.15, 0.2) is 0 Å². The van der Waals surface area contributed by atoms with Gasteiger partial charge in [-0.15, -0.1) is 0 Å². The third-order valence-corrected chi connectivity index (χ3v) is 4.17. The van der Waals surface area contributed by atoms with Gasteiger partial charge in [0.05, 0.1) is 0 Å². The number of aryl methyl sites for hydroxylation is 1. The van der Waals surface area contributed by atoms with Gasteiger partial charge < -0.3 is 15.4 Å². The molecule has 0 spiro atoms. The second-order valence-corrected chi connectivity index (χ2v) is 6.03. The van der Waals surface area contributed by atoms with E-state index in [0.717, 1.165) is 39.1 Å². The molecule has 3 heterocycles. The van der Waals surface area contributed by atoms with Crippen LogP contribution < -0.4 is 5.32 Å². The van der Waals surface area contributed by atoms with E-state index in [2.05, 4.69) is 20.3 Å². The van der Waals surface area contributed by atoms with Crippen molar-refractivity contribution in [3.05, 3.63) is 72.2 Å². The topological polar surface area (TPSA) is 73.8 Å². The van der Waals surface area contributed by atoms with Gasteiger partial charge in [-0.1, -0.05) is 17.7 Å². The monoisotopic (exact) mass is 330 g/mol. The number of hydrogen-bond donors (Lipinski definition) is 3. The Morgan fingerprint density at radius 1 is 1.12 bits per heavy atom. The van der Waals surface area contributed by atoms with Gasteiger partial charge in [-0.25, -0.2) is 4.98 Å². The first-order chi connectivity index (χ1) is 12.2. The lowest BCUT2D eigenvalue weighted by atomic mass is 10.0. The van der Waals surface area contributed by atoms with E-state index in [1.54, 1.807) is 12.3 Å². The molecule has 0 radical (unpaired) electrons. The molecule has 0 aliphatic carbocycles. The maximum atomic E-state index is 10.3. The van der Waals surface area contributed by atoms with E-state index in [-0.39, 0.29) is 5.75 Å². The summed E-state index contributed by atoms with van der Waals surface area (Å²) in [7, 11) is 0. The van der Waals surface area contributed by atoms with Gasteiger partial charge in [-0.05, 0) is 42.8 Å². The highest BCUT2D eigenvalue weighted by Gasteiger charge is 2.12. The van der Waals surface area contributed by atoms with Crippen LogP contribution in [0.3, 0.4) is 0 Å². The van der Waals surface area contributed by atoms with Crippen LogP contribution in [-0.2, 0) is 6.54 Å². The summed E-state index contributed by atoms with van der Waals surface area (Å²) in [5, 5.41) is 14.6. The van der Waals surface area contributed by atoms with Crippen molar-refractivity contribution in [3.63, 3.8) is 0 Å². The van der Waals surface area contributed by atoms with Gasteiger partial charge in [-0.2, -0.15) is 0 Å². The van der Waals surface area contributed by atoms with Crippen molar-refractivity contribution in [3.8, 4) is 16.9 Å². The number of nitrogens with zero attached hydrogens (tertiary/aromatic N) is 2. The number of hydrogen-bond acceptors (Lipinski definition) is 4. The zero-order valence-electron chi connectivity index (χ0n) is 13.8. The van der Waals surface area contributed by atoms with E-state index < -0.39 is 0 Å². The van der Waals surface area contributed by atoms with E-state index in [0.29, 0.717) is 6.54 Å². The number of aromatic nitrogens is 3. The fourth-order valence-corrected chi connectivity index (χ4v) is 2.91. The molecule has 0 atom stereocenters. The lowest BCUT2D eigenvalue weighted by molar-refractivity contribution is 0.477. The molecule has 4 rings (SSSR count). The fourth-order valence-electron chi connectivity index (χ4n) is 2.91. The number of benzene rings is 1. The van der Waals surface area contributed by atoms with Crippen molar-refractivity contribution in [2.75, 3.05) is 5.32 Å². The Hall–Kier alpha value is -3.34. The van der Waals surface area contributed by atoms with Crippen LogP contribution in [0.15, 0.2) is 61.1 Å². The van der Waals surface area contributed by atoms with Crippen molar-refractivity contribution in [1.82, 2.24) is 15.0 Å². The molecule has 0 aliphatic heterocycles. The molecule has 0 amide bonds. The highest BCUT2D eigenvalue weighted by molar-refractivity contribution is 5.96. The summed E-state index contributed by atoms with van der Waals surface area (Å²) in [5.74, 6) is 1.01. The van der Waals surface area contributed by atoms with Crippen molar-refractivity contribution in [1.29, 1.82) is 0 Å². The molecule has 124 valence electrons. The molecule has 5 heteroatoms. The van der Waals surface area contributed by atoms with Crippen molar-refractivity contribution < 1.29 is 5.11 Å². The van der Waals surface area contributed by atoms with Gasteiger partial charge in [0.25, 0.3) is 0 Å². The average molecular weight is 330 g/mol. The summed E-state index contributed by atoms with van der Waals surface area (Å²) >= 11 is 0. The van der Waals surface area contributed by atoms with Crippen LogP contribution >= 0.6 is 0 Å². The van der Waals surface area contributed by atoms with Crippen molar-refractivity contribution >= 4 is 16.9 Å². The molecule has 4 aromatic rings. The van der Waals surface area contributed by atoms with Crippen LogP contribution in [0, 0.1) is 6.92 Å². The summed E-state index contributed by atoms with van der Waals surface area (Å²) in [6.07, 6.45) is 5.44. The molecule has 0 fully saturated rings. The van der Waals surface area contributed by atoms with Gasteiger partial charge in [0.2, 0.25) is 0 Å². The first-order valence-corrected chi connectivity index (χ1v) is 8.11. The predicted molar refractivity (Wildman–Crippen MR) is 99.5 cm³/mol. The van der Waals surface area contributed by atoms with Crippen LogP contribution in [-0.4, -0.2) is 20.1 Å². The Morgan fingerprint density at radius 2 is 2.04 bits per heavy atom. The van der Waals surface area contributed by atoms with Crippen LogP contribution in [0.1, 0.15) is 11.1 Å².